The number of sulfonamides is 1. The molecule has 1 aromatic carbocycles. The van der Waals surface area contributed by atoms with Crippen molar-refractivity contribution < 1.29 is 8.42 Å². The monoisotopic (exact) mass is 272 g/mol. The molecule has 17 heavy (non-hydrogen) atoms. The molecule has 0 bridgehead atoms. The van der Waals surface area contributed by atoms with Gasteiger partial charge in [-0.2, -0.15) is 0 Å². The van der Waals surface area contributed by atoms with Crippen LogP contribution in [0.1, 0.15) is 19.3 Å². The molecule has 1 aromatic rings. The number of amidine groups is 1. The lowest BCUT2D eigenvalue weighted by Crippen LogP contribution is -2.32. The summed E-state index contributed by atoms with van der Waals surface area (Å²) in [5.41, 5.74) is 0. The summed E-state index contributed by atoms with van der Waals surface area (Å²) in [6.07, 6.45) is 2.68. The Labute approximate surface area is 106 Å². The van der Waals surface area contributed by atoms with E-state index in [-0.39, 0.29) is 4.90 Å². The van der Waals surface area contributed by atoms with Gasteiger partial charge in [-0.1, -0.05) is 11.6 Å². The standard InChI is InChI=1S/C11H13ClN2O2S/c12-9-4-6-10(7-5-9)17(15,16)14-11-3-1-2-8-13-11/h4-7H,1-3,8H2,(H,13,14). The first-order valence-electron chi connectivity index (χ1n) is 5.40. The first kappa shape index (κ1) is 12.4. The van der Waals surface area contributed by atoms with E-state index < -0.39 is 10.0 Å². The van der Waals surface area contributed by atoms with E-state index in [0.717, 1.165) is 12.8 Å². The minimum atomic E-state index is -3.52. The lowest BCUT2D eigenvalue weighted by Gasteiger charge is -2.14. The highest BCUT2D eigenvalue weighted by molar-refractivity contribution is 7.90. The number of hydrogen-bond donors (Lipinski definition) is 1. The van der Waals surface area contributed by atoms with Crippen LogP contribution in [0.3, 0.4) is 0 Å². The predicted molar refractivity (Wildman–Crippen MR) is 67.9 cm³/mol. The molecule has 0 aromatic heterocycles. The van der Waals surface area contributed by atoms with E-state index in [1.807, 2.05) is 0 Å². The normalized spacial score (nSPS) is 16.4. The summed E-state index contributed by atoms with van der Waals surface area (Å²) in [4.78, 5) is 4.36. The summed E-state index contributed by atoms with van der Waals surface area (Å²) in [5, 5.41) is 0.513. The van der Waals surface area contributed by atoms with Gasteiger partial charge >= 0.3 is 0 Å². The van der Waals surface area contributed by atoms with Crippen LogP contribution in [0.2, 0.25) is 5.02 Å². The van der Waals surface area contributed by atoms with Crippen molar-refractivity contribution in [1.82, 2.24) is 4.72 Å². The van der Waals surface area contributed by atoms with E-state index >= 15 is 0 Å². The van der Waals surface area contributed by atoms with Crippen LogP contribution in [0.4, 0.5) is 0 Å². The van der Waals surface area contributed by atoms with Crippen LogP contribution in [-0.2, 0) is 10.0 Å². The Kier molecular flexibility index (Phi) is 3.69. The van der Waals surface area contributed by atoms with Crippen LogP contribution < -0.4 is 4.72 Å². The molecule has 1 heterocycles. The van der Waals surface area contributed by atoms with Gasteiger partial charge in [-0.3, -0.25) is 9.71 Å². The lowest BCUT2D eigenvalue weighted by atomic mass is 10.2. The molecular weight excluding hydrogens is 260 g/mol. The zero-order valence-electron chi connectivity index (χ0n) is 9.19. The largest absolute Gasteiger partial charge is 0.272 e. The molecule has 1 aliphatic rings. The van der Waals surface area contributed by atoms with Gasteiger partial charge in [0.25, 0.3) is 10.0 Å². The Morgan fingerprint density at radius 1 is 1.18 bits per heavy atom. The van der Waals surface area contributed by atoms with E-state index in [9.17, 15) is 8.42 Å². The Bertz CT molecular complexity index is 523. The van der Waals surface area contributed by atoms with Gasteiger partial charge in [-0.05, 0) is 37.1 Å². The number of nitrogens with zero attached hydrogens (tertiary/aromatic N) is 1. The van der Waals surface area contributed by atoms with Gasteiger partial charge in [0.1, 0.15) is 5.84 Å². The van der Waals surface area contributed by atoms with Crippen LogP contribution in [0.25, 0.3) is 0 Å². The molecule has 92 valence electrons. The maximum Gasteiger partial charge on any atom is 0.262 e. The second kappa shape index (κ2) is 5.06. The Morgan fingerprint density at radius 3 is 2.47 bits per heavy atom. The Morgan fingerprint density at radius 2 is 1.88 bits per heavy atom. The molecule has 0 fully saturated rings. The smallest absolute Gasteiger partial charge is 0.262 e. The molecule has 2 rings (SSSR count). The number of hydrogen-bond acceptors (Lipinski definition) is 3. The average Bonchev–Trinajstić information content (AvgIpc) is 2.30. The fourth-order valence-corrected chi connectivity index (χ4v) is 2.82. The van der Waals surface area contributed by atoms with Crippen LogP contribution in [0, 0.1) is 0 Å². The second-order valence-electron chi connectivity index (χ2n) is 3.84. The van der Waals surface area contributed by atoms with Crippen molar-refractivity contribution in [2.75, 3.05) is 6.54 Å². The molecule has 0 amide bonds. The Hall–Kier alpha value is -1.07. The van der Waals surface area contributed by atoms with E-state index in [4.69, 9.17) is 11.6 Å². The minimum absolute atomic E-state index is 0.204. The third-order valence-corrected chi connectivity index (χ3v) is 4.15. The number of halogens is 1. The first-order valence-corrected chi connectivity index (χ1v) is 7.26. The molecular formula is C11H13ClN2O2S. The summed E-state index contributed by atoms with van der Waals surface area (Å²) in [5.74, 6) is 0.547. The maximum atomic E-state index is 12.0. The lowest BCUT2D eigenvalue weighted by molar-refractivity contribution is 0.590. The highest BCUT2D eigenvalue weighted by Crippen LogP contribution is 2.14. The Balaban J connectivity index is 2.18. The predicted octanol–water partition coefficient (Wildman–Crippen LogP) is 2.20. The van der Waals surface area contributed by atoms with Crippen molar-refractivity contribution in [3.05, 3.63) is 29.3 Å². The van der Waals surface area contributed by atoms with Crippen molar-refractivity contribution in [3.63, 3.8) is 0 Å². The van der Waals surface area contributed by atoms with Crippen molar-refractivity contribution in [2.45, 2.75) is 24.2 Å². The fraction of sp³-hybridized carbons (Fsp3) is 0.364. The van der Waals surface area contributed by atoms with E-state index in [2.05, 4.69) is 9.71 Å². The molecule has 0 unspecified atom stereocenters. The summed E-state index contributed by atoms with van der Waals surface area (Å²) >= 11 is 5.71. The van der Waals surface area contributed by atoms with Crippen molar-refractivity contribution >= 4 is 27.5 Å². The van der Waals surface area contributed by atoms with Gasteiger partial charge < -0.3 is 0 Å². The van der Waals surface area contributed by atoms with Crippen LogP contribution in [0.5, 0.6) is 0 Å². The van der Waals surface area contributed by atoms with E-state index in [1.54, 1.807) is 12.1 Å². The van der Waals surface area contributed by atoms with Gasteiger partial charge in [0.05, 0.1) is 4.90 Å². The minimum Gasteiger partial charge on any atom is -0.272 e. The number of rotatable bonds is 2. The fourth-order valence-electron chi connectivity index (χ4n) is 1.61. The average molecular weight is 273 g/mol. The van der Waals surface area contributed by atoms with E-state index in [0.29, 0.717) is 23.8 Å². The number of benzene rings is 1. The van der Waals surface area contributed by atoms with Crippen LogP contribution in [-0.4, -0.2) is 20.8 Å². The van der Waals surface area contributed by atoms with Gasteiger partial charge in [-0.25, -0.2) is 8.42 Å². The van der Waals surface area contributed by atoms with Gasteiger partial charge in [0, 0.05) is 18.0 Å². The molecule has 0 spiro atoms. The number of nitrogens with one attached hydrogen (secondary N) is 1. The number of aliphatic imine (C=N–C) groups is 1. The molecule has 0 atom stereocenters. The van der Waals surface area contributed by atoms with Crippen molar-refractivity contribution in [1.29, 1.82) is 0 Å². The van der Waals surface area contributed by atoms with Crippen LogP contribution in [0.15, 0.2) is 34.2 Å². The molecule has 0 saturated carbocycles. The van der Waals surface area contributed by atoms with Crippen molar-refractivity contribution in [3.8, 4) is 0 Å². The highest BCUT2D eigenvalue weighted by Gasteiger charge is 2.17. The summed E-state index contributed by atoms with van der Waals surface area (Å²) in [6, 6.07) is 6.07. The van der Waals surface area contributed by atoms with Gasteiger partial charge in [0.15, 0.2) is 0 Å². The zero-order chi connectivity index (χ0) is 12.3. The molecule has 4 nitrogen and oxygen atoms in total. The highest BCUT2D eigenvalue weighted by atomic mass is 35.5. The molecule has 0 saturated heterocycles. The first-order chi connectivity index (χ1) is 8.08. The van der Waals surface area contributed by atoms with E-state index in [1.165, 1.54) is 12.1 Å². The topological polar surface area (TPSA) is 58.5 Å². The molecule has 1 N–H and O–H groups in total. The summed E-state index contributed by atoms with van der Waals surface area (Å²) < 4.78 is 26.5. The molecule has 1 aliphatic heterocycles. The molecule has 0 radical (unpaired) electrons. The third kappa shape index (κ3) is 3.20. The van der Waals surface area contributed by atoms with Crippen molar-refractivity contribution in [2.24, 2.45) is 4.99 Å². The van der Waals surface area contributed by atoms with Crippen LogP contribution >= 0.6 is 11.6 Å². The van der Waals surface area contributed by atoms with Gasteiger partial charge in [-0.15, -0.1) is 0 Å². The molecule has 6 heteroatoms. The quantitative estimate of drug-likeness (QED) is 0.897. The third-order valence-electron chi connectivity index (χ3n) is 2.50. The summed E-state index contributed by atoms with van der Waals surface area (Å²) in [6.45, 7) is 0.693. The SMILES string of the molecule is O=S(=O)(NC1=NCCCC1)c1ccc(Cl)cc1. The maximum absolute atomic E-state index is 12.0. The van der Waals surface area contributed by atoms with Gasteiger partial charge in [0.2, 0.25) is 0 Å². The zero-order valence-corrected chi connectivity index (χ0v) is 10.8. The summed E-state index contributed by atoms with van der Waals surface area (Å²) in [7, 11) is -3.52. The molecule has 0 aliphatic carbocycles. The second-order valence-corrected chi connectivity index (χ2v) is 5.96.